The first-order chi connectivity index (χ1) is 14.5. The van der Waals surface area contributed by atoms with Crippen LogP contribution >= 0.6 is 23.1 Å². The first kappa shape index (κ1) is 21.6. The van der Waals surface area contributed by atoms with Crippen LogP contribution in [0.3, 0.4) is 0 Å². The average molecular weight is 455 g/mol. The molecule has 4 aromatic rings. The fourth-order valence-electron chi connectivity index (χ4n) is 3.23. The number of hydrogen-bond acceptors (Lipinski definition) is 6. The lowest BCUT2D eigenvalue weighted by Gasteiger charge is -2.40. The lowest BCUT2D eigenvalue weighted by Crippen LogP contribution is -2.47. The molecule has 0 aliphatic carbocycles. The van der Waals surface area contributed by atoms with Crippen molar-refractivity contribution < 1.29 is 4.74 Å². The second-order valence-corrected chi connectivity index (χ2v) is 11.2. The van der Waals surface area contributed by atoms with Crippen LogP contribution < -0.4 is 10.3 Å². The van der Waals surface area contributed by atoms with Crippen LogP contribution in [-0.2, 0) is 0 Å². The summed E-state index contributed by atoms with van der Waals surface area (Å²) in [6.45, 7) is 12.5. The number of thioether (sulfide) groups is 1. The van der Waals surface area contributed by atoms with Gasteiger partial charge in [-0.25, -0.2) is 14.5 Å². The Hall–Kier alpha value is -2.58. The number of aryl methyl sites for hydroxylation is 2. The van der Waals surface area contributed by atoms with Gasteiger partial charge in [0.1, 0.15) is 11.4 Å². The zero-order chi connectivity index (χ0) is 22.4. The van der Waals surface area contributed by atoms with E-state index in [9.17, 15) is 4.79 Å². The number of benzene rings is 1. The van der Waals surface area contributed by atoms with Crippen molar-refractivity contribution in [2.24, 2.45) is 0 Å². The van der Waals surface area contributed by atoms with Crippen LogP contribution in [0.5, 0.6) is 5.75 Å². The highest BCUT2D eigenvalue weighted by atomic mass is 32.2. The number of hydrogen-bond donors (Lipinski definition) is 1. The second-order valence-electron chi connectivity index (χ2n) is 8.67. The van der Waals surface area contributed by atoms with E-state index in [1.54, 1.807) is 27.6 Å². The van der Waals surface area contributed by atoms with Crippen LogP contribution in [0.2, 0.25) is 0 Å². The van der Waals surface area contributed by atoms with Crippen LogP contribution in [0.1, 0.15) is 38.8 Å². The van der Waals surface area contributed by atoms with E-state index in [4.69, 9.17) is 9.72 Å². The fraction of sp³-hybridized carbons (Fsp3) is 0.348. The smallest absolute Gasteiger partial charge is 0.266 e. The van der Waals surface area contributed by atoms with Crippen molar-refractivity contribution in [3.05, 3.63) is 63.3 Å². The zero-order valence-corrected chi connectivity index (χ0v) is 20.1. The van der Waals surface area contributed by atoms with Gasteiger partial charge in [-0.05, 0) is 76.2 Å². The Kier molecular flexibility index (Phi) is 5.47. The molecule has 1 N–H and O–H groups in total. The van der Waals surface area contributed by atoms with E-state index >= 15 is 0 Å². The molecule has 0 atom stereocenters. The Morgan fingerprint density at radius 3 is 2.42 bits per heavy atom. The van der Waals surface area contributed by atoms with E-state index in [2.05, 4.69) is 69.8 Å². The highest BCUT2D eigenvalue weighted by Gasteiger charge is 2.41. The summed E-state index contributed by atoms with van der Waals surface area (Å²) in [6, 6.07) is 11.7. The first-order valence-electron chi connectivity index (χ1n) is 10.0. The van der Waals surface area contributed by atoms with Gasteiger partial charge in [-0.3, -0.25) is 9.89 Å². The molecule has 4 rings (SSSR count). The number of aromatic amines is 1. The molecule has 0 fully saturated rings. The van der Waals surface area contributed by atoms with Crippen LogP contribution in [0.4, 0.5) is 0 Å². The molecule has 1 aromatic carbocycles. The van der Waals surface area contributed by atoms with E-state index in [0.717, 1.165) is 10.6 Å². The number of H-pyrrole nitrogens is 1. The molecule has 0 radical (unpaired) electrons. The molecular weight excluding hydrogens is 428 g/mol. The summed E-state index contributed by atoms with van der Waals surface area (Å²) in [5.74, 6) is 1.46. The van der Waals surface area contributed by atoms with Gasteiger partial charge in [0.15, 0.2) is 16.6 Å². The van der Waals surface area contributed by atoms with Gasteiger partial charge in [-0.1, -0.05) is 23.9 Å². The molecule has 162 valence electrons. The maximum Gasteiger partial charge on any atom is 0.266 e. The van der Waals surface area contributed by atoms with Crippen molar-refractivity contribution in [3.63, 3.8) is 0 Å². The SMILES string of the molecule is Cc1cc(C)cc(OC(C)(C)C(C)(C)Sc2nc(-c3cccs3)nc3cc(=O)[nH]n23)c1. The Balaban J connectivity index is 1.71. The predicted molar refractivity (Wildman–Crippen MR) is 127 cm³/mol. The molecule has 0 saturated carbocycles. The van der Waals surface area contributed by atoms with Crippen molar-refractivity contribution in [3.8, 4) is 16.5 Å². The topological polar surface area (TPSA) is 72.3 Å². The minimum Gasteiger partial charge on any atom is -0.486 e. The highest BCUT2D eigenvalue weighted by Crippen LogP contribution is 2.42. The van der Waals surface area contributed by atoms with Crippen molar-refractivity contribution in [2.75, 3.05) is 0 Å². The Morgan fingerprint density at radius 2 is 1.77 bits per heavy atom. The standard InChI is InChI=1S/C23H26N4O2S2/c1-14-10-15(2)12-16(11-14)29-22(3,4)23(5,6)31-21-25-20(17-8-7-9-30-17)24-18-13-19(28)26-27(18)21/h7-13H,1-6H3,(H,26,28). The number of aromatic nitrogens is 4. The summed E-state index contributed by atoms with van der Waals surface area (Å²) in [5, 5.41) is 5.47. The normalized spacial score (nSPS) is 12.5. The summed E-state index contributed by atoms with van der Waals surface area (Å²) in [6.07, 6.45) is 0. The highest BCUT2D eigenvalue weighted by molar-refractivity contribution is 8.00. The molecule has 0 amide bonds. The van der Waals surface area contributed by atoms with Crippen LogP contribution in [-0.4, -0.2) is 29.9 Å². The molecule has 31 heavy (non-hydrogen) atoms. The monoisotopic (exact) mass is 454 g/mol. The van der Waals surface area contributed by atoms with Crippen LogP contribution in [0.25, 0.3) is 16.3 Å². The molecule has 8 heteroatoms. The minimum atomic E-state index is -0.536. The van der Waals surface area contributed by atoms with Crippen molar-refractivity contribution in [2.45, 2.75) is 57.0 Å². The number of rotatable bonds is 6. The molecule has 3 aromatic heterocycles. The van der Waals surface area contributed by atoms with Gasteiger partial charge in [-0.2, -0.15) is 0 Å². The maximum atomic E-state index is 12.0. The summed E-state index contributed by atoms with van der Waals surface area (Å²) in [5.41, 5.74) is 2.14. The number of nitrogens with one attached hydrogen (secondary N) is 1. The zero-order valence-electron chi connectivity index (χ0n) is 18.5. The number of fused-ring (bicyclic) bond motifs is 1. The van der Waals surface area contributed by atoms with E-state index in [1.165, 1.54) is 17.2 Å². The van der Waals surface area contributed by atoms with Crippen molar-refractivity contribution in [1.82, 2.24) is 19.6 Å². The van der Waals surface area contributed by atoms with Crippen molar-refractivity contribution in [1.29, 1.82) is 0 Å². The van der Waals surface area contributed by atoms with Crippen LogP contribution in [0, 0.1) is 13.8 Å². The second kappa shape index (κ2) is 7.84. The average Bonchev–Trinajstić information content (AvgIpc) is 3.28. The number of nitrogens with zero attached hydrogens (tertiary/aromatic N) is 3. The summed E-state index contributed by atoms with van der Waals surface area (Å²) >= 11 is 3.13. The quantitative estimate of drug-likeness (QED) is 0.390. The summed E-state index contributed by atoms with van der Waals surface area (Å²) in [7, 11) is 0. The summed E-state index contributed by atoms with van der Waals surface area (Å²) < 4.78 is 7.74. The lowest BCUT2D eigenvalue weighted by molar-refractivity contribution is 0.0766. The number of ether oxygens (including phenoxy) is 1. The Labute approximate surface area is 189 Å². The molecule has 0 saturated heterocycles. The third-order valence-corrected chi connectivity index (χ3v) is 7.75. The van der Waals surface area contributed by atoms with Gasteiger partial charge in [0.2, 0.25) is 0 Å². The fourth-order valence-corrected chi connectivity index (χ4v) is 4.99. The van der Waals surface area contributed by atoms with Gasteiger partial charge in [-0.15, -0.1) is 11.3 Å². The van der Waals surface area contributed by atoms with E-state index < -0.39 is 5.60 Å². The Bertz CT molecular complexity index is 1270. The van der Waals surface area contributed by atoms with Gasteiger partial charge in [0.05, 0.1) is 9.62 Å². The molecule has 0 aliphatic heterocycles. The van der Waals surface area contributed by atoms with Crippen LogP contribution in [0.15, 0.2) is 51.7 Å². The maximum absolute atomic E-state index is 12.0. The predicted octanol–water partition coefficient (Wildman–Crippen LogP) is 5.49. The molecule has 6 nitrogen and oxygen atoms in total. The van der Waals surface area contributed by atoms with E-state index in [0.29, 0.717) is 16.6 Å². The van der Waals surface area contributed by atoms with Crippen molar-refractivity contribution >= 4 is 28.7 Å². The lowest BCUT2D eigenvalue weighted by atomic mass is 9.93. The molecule has 0 unspecified atom stereocenters. The van der Waals surface area contributed by atoms with Gasteiger partial charge in [0, 0.05) is 6.07 Å². The van der Waals surface area contributed by atoms with Gasteiger partial charge >= 0.3 is 0 Å². The van der Waals surface area contributed by atoms with Gasteiger partial charge in [0.25, 0.3) is 5.56 Å². The van der Waals surface area contributed by atoms with E-state index in [1.807, 2.05) is 17.5 Å². The first-order valence-corrected chi connectivity index (χ1v) is 11.7. The molecule has 0 bridgehead atoms. The third-order valence-electron chi connectivity index (χ3n) is 5.43. The minimum absolute atomic E-state index is 0.206. The molecule has 0 spiro atoms. The van der Waals surface area contributed by atoms with E-state index in [-0.39, 0.29) is 10.3 Å². The molecule has 3 heterocycles. The third kappa shape index (κ3) is 4.41. The largest absolute Gasteiger partial charge is 0.486 e. The molecule has 0 aliphatic rings. The Morgan fingerprint density at radius 1 is 1.06 bits per heavy atom. The summed E-state index contributed by atoms with van der Waals surface area (Å²) in [4.78, 5) is 22.3. The molecular formula is C23H26N4O2S2. The number of thiophene rings is 1. The van der Waals surface area contributed by atoms with Gasteiger partial charge < -0.3 is 4.74 Å².